The van der Waals surface area contributed by atoms with Crippen LogP contribution in [0.15, 0.2) is 30.3 Å². The summed E-state index contributed by atoms with van der Waals surface area (Å²) in [7, 11) is 1.68. The normalized spacial score (nSPS) is 12.6. The average Bonchev–Trinajstić information content (AvgIpc) is 2.35. The Morgan fingerprint density at radius 1 is 1.31 bits per heavy atom. The van der Waals surface area contributed by atoms with E-state index in [0.717, 1.165) is 19.4 Å². The highest BCUT2D eigenvalue weighted by Crippen LogP contribution is 2.04. The van der Waals surface area contributed by atoms with Crippen LogP contribution in [0.2, 0.25) is 0 Å². The van der Waals surface area contributed by atoms with Gasteiger partial charge in [0, 0.05) is 19.7 Å². The average molecular weight is 223 g/mol. The first-order valence-corrected chi connectivity index (χ1v) is 5.74. The third-order valence-electron chi connectivity index (χ3n) is 2.58. The Hall–Kier alpha value is -0.900. The van der Waals surface area contributed by atoms with E-state index >= 15 is 0 Å². The fraction of sp³-hybridized carbons (Fsp3) is 0.538. The van der Waals surface area contributed by atoms with E-state index in [1.54, 1.807) is 7.11 Å². The molecule has 1 unspecified atom stereocenters. The van der Waals surface area contributed by atoms with Crippen LogP contribution in [0.5, 0.6) is 0 Å². The highest BCUT2D eigenvalue weighted by Gasteiger charge is 2.05. The van der Waals surface area contributed by atoms with Crippen LogP contribution in [0.3, 0.4) is 0 Å². The van der Waals surface area contributed by atoms with Crippen LogP contribution >= 0.6 is 0 Å². The molecule has 3 nitrogen and oxygen atoms in total. The SMILES string of the molecule is COCCNC(CO)CCc1ccccc1. The van der Waals surface area contributed by atoms with Gasteiger partial charge in [0.2, 0.25) is 0 Å². The minimum Gasteiger partial charge on any atom is -0.395 e. The molecule has 0 aliphatic heterocycles. The van der Waals surface area contributed by atoms with Crippen molar-refractivity contribution in [2.45, 2.75) is 18.9 Å². The summed E-state index contributed by atoms with van der Waals surface area (Å²) in [5.74, 6) is 0. The number of benzene rings is 1. The zero-order valence-electron chi connectivity index (χ0n) is 9.86. The second-order valence-corrected chi connectivity index (χ2v) is 3.85. The molecule has 2 N–H and O–H groups in total. The number of hydrogen-bond acceptors (Lipinski definition) is 3. The number of aryl methyl sites for hydroxylation is 1. The van der Waals surface area contributed by atoms with Gasteiger partial charge in [0.15, 0.2) is 0 Å². The smallest absolute Gasteiger partial charge is 0.0587 e. The van der Waals surface area contributed by atoms with Crippen molar-refractivity contribution < 1.29 is 9.84 Å². The lowest BCUT2D eigenvalue weighted by Gasteiger charge is -2.15. The quantitative estimate of drug-likeness (QED) is 0.651. The summed E-state index contributed by atoms with van der Waals surface area (Å²) >= 11 is 0. The van der Waals surface area contributed by atoms with Gasteiger partial charge in [0.05, 0.1) is 13.2 Å². The summed E-state index contributed by atoms with van der Waals surface area (Å²) in [6, 6.07) is 10.5. The number of rotatable bonds is 8. The van der Waals surface area contributed by atoms with Crippen LogP contribution in [0, 0.1) is 0 Å². The molecule has 0 spiro atoms. The highest BCUT2D eigenvalue weighted by molar-refractivity contribution is 5.14. The Labute approximate surface area is 97.4 Å². The summed E-state index contributed by atoms with van der Waals surface area (Å²) in [5, 5.41) is 12.5. The zero-order valence-corrected chi connectivity index (χ0v) is 9.86. The number of hydrogen-bond donors (Lipinski definition) is 2. The molecule has 0 aromatic heterocycles. The second-order valence-electron chi connectivity index (χ2n) is 3.85. The van der Waals surface area contributed by atoms with E-state index in [1.165, 1.54) is 5.56 Å². The van der Waals surface area contributed by atoms with Crippen LogP contribution in [0.25, 0.3) is 0 Å². The molecule has 0 radical (unpaired) electrons. The Bertz CT molecular complexity index is 264. The van der Waals surface area contributed by atoms with Gasteiger partial charge in [-0.15, -0.1) is 0 Å². The van der Waals surface area contributed by atoms with E-state index in [9.17, 15) is 5.11 Å². The number of aliphatic hydroxyl groups excluding tert-OH is 1. The molecule has 90 valence electrons. The van der Waals surface area contributed by atoms with Gasteiger partial charge in [0.25, 0.3) is 0 Å². The van der Waals surface area contributed by atoms with Gasteiger partial charge in [-0.1, -0.05) is 30.3 Å². The second kappa shape index (κ2) is 8.28. The van der Waals surface area contributed by atoms with Gasteiger partial charge in [-0.05, 0) is 18.4 Å². The molecule has 0 bridgehead atoms. The Balaban J connectivity index is 2.23. The highest BCUT2D eigenvalue weighted by atomic mass is 16.5. The Morgan fingerprint density at radius 2 is 2.06 bits per heavy atom. The summed E-state index contributed by atoms with van der Waals surface area (Å²) in [6.45, 7) is 1.65. The molecule has 1 aromatic rings. The molecule has 1 atom stereocenters. The summed E-state index contributed by atoms with van der Waals surface area (Å²) in [4.78, 5) is 0. The van der Waals surface area contributed by atoms with Crippen LogP contribution in [0.1, 0.15) is 12.0 Å². The maximum absolute atomic E-state index is 9.20. The first kappa shape index (κ1) is 13.2. The lowest BCUT2D eigenvalue weighted by Crippen LogP contribution is -2.35. The molecule has 3 heteroatoms. The fourth-order valence-electron chi connectivity index (χ4n) is 1.61. The van der Waals surface area contributed by atoms with Crippen LogP contribution < -0.4 is 5.32 Å². The molecule has 16 heavy (non-hydrogen) atoms. The maximum atomic E-state index is 9.20. The molecular formula is C13H21NO2. The van der Waals surface area contributed by atoms with Gasteiger partial charge < -0.3 is 15.2 Å². The molecule has 0 fully saturated rings. The van der Waals surface area contributed by atoms with Gasteiger partial charge in [0.1, 0.15) is 0 Å². The van der Waals surface area contributed by atoms with Crippen LogP contribution in [-0.4, -0.2) is 38.0 Å². The van der Waals surface area contributed by atoms with E-state index in [4.69, 9.17) is 4.74 Å². The zero-order chi connectivity index (χ0) is 11.6. The van der Waals surface area contributed by atoms with E-state index in [2.05, 4.69) is 17.4 Å². The Kier molecular flexibility index (Phi) is 6.81. The van der Waals surface area contributed by atoms with Crippen molar-refractivity contribution in [3.63, 3.8) is 0 Å². The summed E-state index contributed by atoms with van der Waals surface area (Å²) in [5.41, 5.74) is 1.31. The van der Waals surface area contributed by atoms with Crippen molar-refractivity contribution in [3.8, 4) is 0 Å². The van der Waals surface area contributed by atoms with Crippen molar-refractivity contribution in [2.24, 2.45) is 0 Å². The van der Waals surface area contributed by atoms with Crippen LogP contribution in [0.4, 0.5) is 0 Å². The molecule has 0 aliphatic carbocycles. The molecule has 1 aromatic carbocycles. The van der Waals surface area contributed by atoms with Crippen molar-refractivity contribution in [3.05, 3.63) is 35.9 Å². The third kappa shape index (κ3) is 5.26. The lowest BCUT2D eigenvalue weighted by atomic mass is 10.1. The first-order chi connectivity index (χ1) is 7.86. The predicted octanol–water partition coefficient (Wildman–Crippen LogP) is 1.22. The maximum Gasteiger partial charge on any atom is 0.0587 e. The molecule has 0 heterocycles. The van der Waals surface area contributed by atoms with E-state index in [1.807, 2.05) is 18.2 Å². The molecule has 0 saturated carbocycles. The van der Waals surface area contributed by atoms with Crippen molar-refractivity contribution in [1.29, 1.82) is 0 Å². The predicted molar refractivity (Wildman–Crippen MR) is 65.5 cm³/mol. The molecule has 0 amide bonds. The van der Waals surface area contributed by atoms with E-state index < -0.39 is 0 Å². The van der Waals surface area contributed by atoms with Gasteiger partial charge in [-0.25, -0.2) is 0 Å². The van der Waals surface area contributed by atoms with Crippen molar-refractivity contribution in [1.82, 2.24) is 5.32 Å². The van der Waals surface area contributed by atoms with Crippen LogP contribution in [-0.2, 0) is 11.2 Å². The molecule has 0 saturated heterocycles. The minimum absolute atomic E-state index is 0.162. The minimum atomic E-state index is 0.162. The summed E-state index contributed by atoms with van der Waals surface area (Å²) in [6.07, 6.45) is 1.94. The van der Waals surface area contributed by atoms with Crippen molar-refractivity contribution >= 4 is 0 Å². The van der Waals surface area contributed by atoms with E-state index in [-0.39, 0.29) is 12.6 Å². The Morgan fingerprint density at radius 3 is 2.69 bits per heavy atom. The third-order valence-corrected chi connectivity index (χ3v) is 2.58. The standard InChI is InChI=1S/C13H21NO2/c1-16-10-9-14-13(11-15)8-7-12-5-3-2-4-6-12/h2-6,13-15H,7-11H2,1H3. The number of methoxy groups -OCH3 is 1. The largest absolute Gasteiger partial charge is 0.395 e. The summed E-state index contributed by atoms with van der Waals surface area (Å²) < 4.78 is 4.96. The van der Waals surface area contributed by atoms with Crippen molar-refractivity contribution in [2.75, 3.05) is 26.9 Å². The van der Waals surface area contributed by atoms with E-state index in [0.29, 0.717) is 6.61 Å². The van der Waals surface area contributed by atoms with Gasteiger partial charge >= 0.3 is 0 Å². The van der Waals surface area contributed by atoms with Gasteiger partial charge in [-0.2, -0.15) is 0 Å². The number of aliphatic hydroxyl groups is 1. The monoisotopic (exact) mass is 223 g/mol. The van der Waals surface area contributed by atoms with Gasteiger partial charge in [-0.3, -0.25) is 0 Å². The number of nitrogens with one attached hydrogen (secondary N) is 1. The molecule has 1 rings (SSSR count). The fourth-order valence-corrected chi connectivity index (χ4v) is 1.61. The molecule has 0 aliphatic rings. The molecular weight excluding hydrogens is 202 g/mol. The topological polar surface area (TPSA) is 41.5 Å². The number of ether oxygens (including phenoxy) is 1. The first-order valence-electron chi connectivity index (χ1n) is 5.74. The lowest BCUT2D eigenvalue weighted by molar-refractivity contribution is 0.181.